The van der Waals surface area contributed by atoms with Gasteiger partial charge in [-0.15, -0.1) is 0 Å². The van der Waals surface area contributed by atoms with Crippen molar-refractivity contribution in [2.24, 2.45) is 5.73 Å². The fraction of sp³-hybridized carbons (Fsp3) is 0.250. The highest BCUT2D eigenvalue weighted by Gasteiger charge is 2.13. The molecule has 0 aromatic heterocycles. The molecule has 0 fully saturated rings. The largest absolute Gasteiger partial charge is 0.344 e. The normalized spacial score (nSPS) is 12.2. The van der Waals surface area contributed by atoms with Crippen LogP contribution in [0.5, 0.6) is 0 Å². The average Bonchev–Trinajstić information content (AvgIpc) is 2.46. The number of para-hydroxylation sites is 1. The second kappa shape index (κ2) is 5.85. The Kier molecular flexibility index (Phi) is 4.17. The van der Waals surface area contributed by atoms with E-state index in [-0.39, 0.29) is 11.9 Å². The molecule has 0 aliphatic carbocycles. The van der Waals surface area contributed by atoms with Gasteiger partial charge < -0.3 is 10.6 Å². The number of halogens is 1. The Morgan fingerprint density at radius 3 is 2.37 bits per heavy atom. The number of rotatable bonds is 4. The van der Waals surface area contributed by atoms with E-state index in [1.54, 1.807) is 12.1 Å². The topological polar surface area (TPSA) is 29.3 Å². The summed E-state index contributed by atoms with van der Waals surface area (Å²) in [4.78, 5) is 2.03. The van der Waals surface area contributed by atoms with Crippen LogP contribution in [0, 0.1) is 5.82 Å². The van der Waals surface area contributed by atoms with Crippen LogP contribution in [0.15, 0.2) is 48.5 Å². The Bertz CT molecular complexity index is 537. The van der Waals surface area contributed by atoms with E-state index in [0.717, 1.165) is 23.4 Å². The SMILES string of the molecule is CCC(N)c1ccccc1N(C)c1ccc(F)cc1. The molecule has 2 rings (SSSR count). The predicted molar refractivity (Wildman–Crippen MR) is 78.1 cm³/mol. The highest BCUT2D eigenvalue weighted by Crippen LogP contribution is 2.30. The third-order valence-corrected chi connectivity index (χ3v) is 3.35. The maximum Gasteiger partial charge on any atom is 0.123 e. The first-order valence-corrected chi connectivity index (χ1v) is 6.47. The van der Waals surface area contributed by atoms with Crippen molar-refractivity contribution < 1.29 is 4.39 Å². The van der Waals surface area contributed by atoms with Crippen LogP contribution in [0.25, 0.3) is 0 Å². The van der Waals surface area contributed by atoms with Gasteiger partial charge in [-0.3, -0.25) is 0 Å². The molecule has 3 heteroatoms. The van der Waals surface area contributed by atoms with Crippen molar-refractivity contribution in [2.45, 2.75) is 19.4 Å². The van der Waals surface area contributed by atoms with E-state index in [9.17, 15) is 4.39 Å². The minimum absolute atomic E-state index is 0.0131. The molecular formula is C16H19FN2. The van der Waals surface area contributed by atoms with Gasteiger partial charge >= 0.3 is 0 Å². The highest BCUT2D eigenvalue weighted by atomic mass is 19.1. The summed E-state index contributed by atoms with van der Waals surface area (Å²) in [6, 6.07) is 14.5. The molecule has 0 amide bonds. The van der Waals surface area contributed by atoms with Crippen LogP contribution in [-0.4, -0.2) is 7.05 Å². The van der Waals surface area contributed by atoms with Gasteiger partial charge in [0.1, 0.15) is 5.82 Å². The fourth-order valence-corrected chi connectivity index (χ4v) is 2.13. The molecule has 0 saturated carbocycles. The lowest BCUT2D eigenvalue weighted by Crippen LogP contribution is -2.16. The van der Waals surface area contributed by atoms with E-state index >= 15 is 0 Å². The van der Waals surface area contributed by atoms with E-state index in [0.29, 0.717) is 0 Å². The van der Waals surface area contributed by atoms with Crippen LogP contribution in [-0.2, 0) is 0 Å². The maximum atomic E-state index is 13.0. The van der Waals surface area contributed by atoms with Crippen molar-refractivity contribution in [3.05, 3.63) is 59.9 Å². The first-order chi connectivity index (χ1) is 9.13. The summed E-state index contributed by atoms with van der Waals surface area (Å²) >= 11 is 0. The summed E-state index contributed by atoms with van der Waals surface area (Å²) in [5.41, 5.74) is 9.26. The summed E-state index contributed by atoms with van der Waals surface area (Å²) in [5.74, 6) is -0.226. The summed E-state index contributed by atoms with van der Waals surface area (Å²) in [7, 11) is 1.97. The van der Waals surface area contributed by atoms with Gasteiger partial charge in [0, 0.05) is 24.5 Å². The quantitative estimate of drug-likeness (QED) is 0.898. The zero-order valence-corrected chi connectivity index (χ0v) is 11.3. The van der Waals surface area contributed by atoms with Crippen molar-refractivity contribution in [3.63, 3.8) is 0 Å². The van der Waals surface area contributed by atoms with Crippen molar-refractivity contribution in [1.82, 2.24) is 0 Å². The molecule has 2 aromatic rings. The van der Waals surface area contributed by atoms with Crippen LogP contribution in [0.3, 0.4) is 0 Å². The molecule has 0 bridgehead atoms. The van der Waals surface area contributed by atoms with Gasteiger partial charge in [-0.25, -0.2) is 4.39 Å². The standard InChI is InChI=1S/C16H19FN2/c1-3-15(18)14-6-4-5-7-16(14)19(2)13-10-8-12(17)9-11-13/h4-11,15H,3,18H2,1-2H3. The summed E-state index contributed by atoms with van der Waals surface area (Å²) < 4.78 is 13.0. The van der Waals surface area contributed by atoms with E-state index in [1.807, 2.05) is 36.2 Å². The Labute approximate surface area is 113 Å². The van der Waals surface area contributed by atoms with Crippen LogP contribution in [0.4, 0.5) is 15.8 Å². The van der Waals surface area contributed by atoms with E-state index in [1.165, 1.54) is 12.1 Å². The van der Waals surface area contributed by atoms with Crippen LogP contribution in [0.2, 0.25) is 0 Å². The molecule has 19 heavy (non-hydrogen) atoms. The number of nitrogens with zero attached hydrogens (tertiary/aromatic N) is 1. The average molecular weight is 258 g/mol. The lowest BCUT2D eigenvalue weighted by Gasteiger charge is -2.24. The highest BCUT2D eigenvalue weighted by molar-refractivity contribution is 5.66. The summed E-state index contributed by atoms with van der Waals surface area (Å²) in [6.45, 7) is 2.07. The summed E-state index contributed by atoms with van der Waals surface area (Å²) in [5, 5.41) is 0. The minimum atomic E-state index is -0.226. The maximum absolute atomic E-state index is 13.0. The lowest BCUT2D eigenvalue weighted by molar-refractivity contribution is 0.628. The van der Waals surface area contributed by atoms with Crippen LogP contribution >= 0.6 is 0 Å². The fourth-order valence-electron chi connectivity index (χ4n) is 2.13. The van der Waals surface area contributed by atoms with Gasteiger partial charge in [0.25, 0.3) is 0 Å². The molecule has 1 atom stereocenters. The number of anilines is 2. The second-order valence-electron chi connectivity index (χ2n) is 4.61. The van der Waals surface area contributed by atoms with Gasteiger partial charge in [-0.1, -0.05) is 25.1 Å². The molecule has 100 valence electrons. The Hall–Kier alpha value is -1.87. The van der Waals surface area contributed by atoms with Gasteiger partial charge in [-0.05, 0) is 42.3 Å². The number of nitrogens with two attached hydrogens (primary N) is 1. The van der Waals surface area contributed by atoms with Gasteiger partial charge in [-0.2, -0.15) is 0 Å². The Morgan fingerprint density at radius 1 is 1.11 bits per heavy atom. The first kappa shape index (κ1) is 13.6. The van der Waals surface area contributed by atoms with Crippen LogP contribution < -0.4 is 10.6 Å². The monoisotopic (exact) mass is 258 g/mol. The van der Waals surface area contributed by atoms with E-state index in [4.69, 9.17) is 5.73 Å². The van der Waals surface area contributed by atoms with E-state index < -0.39 is 0 Å². The van der Waals surface area contributed by atoms with Gasteiger partial charge in [0.05, 0.1) is 0 Å². The molecule has 1 unspecified atom stereocenters. The summed E-state index contributed by atoms with van der Waals surface area (Å²) in [6.07, 6.45) is 0.883. The molecule has 0 heterocycles. The van der Waals surface area contributed by atoms with E-state index in [2.05, 4.69) is 6.92 Å². The molecule has 2 aromatic carbocycles. The van der Waals surface area contributed by atoms with Crippen molar-refractivity contribution in [3.8, 4) is 0 Å². The van der Waals surface area contributed by atoms with Crippen molar-refractivity contribution >= 4 is 11.4 Å². The zero-order valence-electron chi connectivity index (χ0n) is 11.3. The molecular weight excluding hydrogens is 239 g/mol. The molecule has 2 nitrogen and oxygen atoms in total. The zero-order chi connectivity index (χ0) is 13.8. The predicted octanol–water partition coefficient (Wildman–Crippen LogP) is 4.00. The molecule has 2 N–H and O–H groups in total. The molecule has 0 saturated heterocycles. The first-order valence-electron chi connectivity index (χ1n) is 6.47. The Balaban J connectivity index is 2.38. The second-order valence-corrected chi connectivity index (χ2v) is 4.61. The number of benzene rings is 2. The lowest BCUT2D eigenvalue weighted by atomic mass is 10.0. The molecule has 0 radical (unpaired) electrons. The van der Waals surface area contributed by atoms with Crippen molar-refractivity contribution in [1.29, 1.82) is 0 Å². The smallest absolute Gasteiger partial charge is 0.123 e. The Morgan fingerprint density at radius 2 is 1.74 bits per heavy atom. The minimum Gasteiger partial charge on any atom is -0.344 e. The number of hydrogen-bond donors (Lipinski definition) is 1. The van der Waals surface area contributed by atoms with Crippen LogP contribution in [0.1, 0.15) is 24.9 Å². The molecule has 0 aliphatic rings. The van der Waals surface area contributed by atoms with Gasteiger partial charge in [0.15, 0.2) is 0 Å². The van der Waals surface area contributed by atoms with Crippen molar-refractivity contribution in [2.75, 3.05) is 11.9 Å². The third-order valence-electron chi connectivity index (χ3n) is 3.35. The molecule has 0 spiro atoms. The molecule has 0 aliphatic heterocycles. The third kappa shape index (κ3) is 2.93. The van der Waals surface area contributed by atoms with Gasteiger partial charge in [0.2, 0.25) is 0 Å². The number of hydrogen-bond acceptors (Lipinski definition) is 2.